The van der Waals surface area contributed by atoms with E-state index in [4.69, 9.17) is 21.1 Å². The fourth-order valence-corrected chi connectivity index (χ4v) is 5.62. The quantitative estimate of drug-likeness (QED) is 0.521. The standard InChI is InChI=1S/C28H38ClN3O3/c1-6-30(4)28(33)18-35-26-13-11-23(19(2)20(26)3)25-9-7-8-22-17-31(14-15-32(22)25)21-10-12-24(29)27(16-21)34-5/h10-13,16,22,25H,6-9,14-15,17-18H2,1-5H3/t22?,25-/m1/s1. The molecule has 7 heteroatoms. The van der Waals surface area contributed by atoms with Gasteiger partial charge in [0.25, 0.3) is 5.91 Å². The summed E-state index contributed by atoms with van der Waals surface area (Å²) in [6.45, 7) is 10.0. The summed E-state index contributed by atoms with van der Waals surface area (Å²) in [5.74, 6) is 1.53. The maximum absolute atomic E-state index is 12.2. The topological polar surface area (TPSA) is 45.3 Å². The Bertz CT molecular complexity index is 1060. The Morgan fingerprint density at radius 2 is 1.91 bits per heavy atom. The molecule has 1 amide bonds. The van der Waals surface area contributed by atoms with Crippen LogP contribution in [-0.2, 0) is 4.79 Å². The number of fused-ring (bicyclic) bond motifs is 1. The molecule has 2 aliphatic heterocycles. The molecule has 0 saturated carbocycles. The van der Waals surface area contributed by atoms with Crippen LogP contribution in [0.5, 0.6) is 11.5 Å². The largest absolute Gasteiger partial charge is 0.495 e. The van der Waals surface area contributed by atoms with Crippen molar-refractivity contribution in [3.05, 3.63) is 52.0 Å². The van der Waals surface area contributed by atoms with Crippen LogP contribution in [0.1, 0.15) is 48.9 Å². The average molecular weight is 500 g/mol. The first-order valence-electron chi connectivity index (χ1n) is 12.6. The minimum atomic E-state index is -0.0000646. The van der Waals surface area contributed by atoms with E-state index in [9.17, 15) is 4.79 Å². The Labute approximate surface area is 214 Å². The van der Waals surface area contributed by atoms with Crippen molar-refractivity contribution in [3.63, 3.8) is 0 Å². The second-order valence-electron chi connectivity index (χ2n) is 9.70. The number of nitrogens with zero attached hydrogens (tertiary/aromatic N) is 3. The third kappa shape index (κ3) is 5.39. The lowest BCUT2D eigenvalue weighted by atomic mass is 9.86. The Hall–Kier alpha value is -2.44. The molecule has 2 heterocycles. The van der Waals surface area contributed by atoms with Gasteiger partial charge in [0.05, 0.1) is 12.1 Å². The molecule has 0 spiro atoms. The van der Waals surface area contributed by atoms with E-state index >= 15 is 0 Å². The molecule has 190 valence electrons. The summed E-state index contributed by atoms with van der Waals surface area (Å²) < 4.78 is 11.3. The number of carbonyl (C=O) groups excluding carboxylic acids is 1. The molecule has 0 N–H and O–H groups in total. The second-order valence-corrected chi connectivity index (χ2v) is 10.1. The number of hydrogen-bond acceptors (Lipinski definition) is 5. The van der Waals surface area contributed by atoms with Gasteiger partial charge in [-0.3, -0.25) is 9.69 Å². The summed E-state index contributed by atoms with van der Waals surface area (Å²) in [7, 11) is 3.46. The Balaban J connectivity index is 1.48. The maximum Gasteiger partial charge on any atom is 0.260 e. The molecule has 2 atom stereocenters. The molecule has 35 heavy (non-hydrogen) atoms. The summed E-state index contributed by atoms with van der Waals surface area (Å²) in [4.78, 5) is 19.0. The number of hydrogen-bond donors (Lipinski definition) is 0. The van der Waals surface area contributed by atoms with Crippen molar-refractivity contribution in [3.8, 4) is 11.5 Å². The molecule has 0 radical (unpaired) electrons. The number of amides is 1. The van der Waals surface area contributed by atoms with Crippen molar-refractivity contribution in [2.24, 2.45) is 0 Å². The van der Waals surface area contributed by atoms with Gasteiger partial charge in [-0.25, -0.2) is 0 Å². The molecule has 1 unspecified atom stereocenters. The van der Waals surface area contributed by atoms with E-state index in [0.29, 0.717) is 23.7 Å². The zero-order valence-corrected chi connectivity index (χ0v) is 22.4. The molecule has 4 rings (SSSR count). The van der Waals surface area contributed by atoms with Gasteiger partial charge >= 0.3 is 0 Å². The van der Waals surface area contributed by atoms with Crippen LogP contribution < -0.4 is 14.4 Å². The van der Waals surface area contributed by atoms with Crippen molar-refractivity contribution < 1.29 is 14.3 Å². The number of anilines is 1. The van der Waals surface area contributed by atoms with E-state index in [1.165, 1.54) is 36.1 Å². The fraction of sp³-hybridized carbons (Fsp3) is 0.536. The molecule has 0 bridgehead atoms. The van der Waals surface area contributed by atoms with Crippen molar-refractivity contribution in [1.29, 1.82) is 0 Å². The maximum atomic E-state index is 12.2. The zero-order chi connectivity index (χ0) is 25.1. The smallest absolute Gasteiger partial charge is 0.260 e. The van der Waals surface area contributed by atoms with Gasteiger partial charge in [0, 0.05) is 57.1 Å². The minimum absolute atomic E-state index is 0.0000646. The van der Waals surface area contributed by atoms with Gasteiger partial charge < -0.3 is 19.3 Å². The minimum Gasteiger partial charge on any atom is -0.495 e. The number of piperazine rings is 1. The SMILES string of the molecule is CCN(C)C(=O)COc1ccc([C@H]2CCCC3CN(c4ccc(Cl)c(OC)c4)CCN32)c(C)c1C. The molecule has 2 fully saturated rings. The fourth-order valence-electron chi connectivity index (χ4n) is 5.42. The average Bonchev–Trinajstić information content (AvgIpc) is 2.88. The number of ether oxygens (including phenoxy) is 2. The van der Waals surface area contributed by atoms with Gasteiger partial charge in [-0.15, -0.1) is 0 Å². The van der Waals surface area contributed by atoms with E-state index in [-0.39, 0.29) is 12.5 Å². The highest BCUT2D eigenvalue weighted by Gasteiger charge is 2.36. The van der Waals surface area contributed by atoms with E-state index in [2.05, 4.69) is 41.8 Å². The number of rotatable bonds is 7. The van der Waals surface area contributed by atoms with Crippen LogP contribution >= 0.6 is 11.6 Å². The predicted molar refractivity (Wildman–Crippen MR) is 142 cm³/mol. The molecule has 0 aromatic heterocycles. The van der Waals surface area contributed by atoms with Crippen LogP contribution in [0.3, 0.4) is 0 Å². The molecular formula is C28H38ClN3O3. The van der Waals surface area contributed by atoms with Crippen molar-refractivity contribution >= 4 is 23.2 Å². The lowest BCUT2D eigenvalue weighted by Gasteiger charge is -2.49. The Morgan fingerprint density at radius 3 is 2.66 bits per heavy atom. The third-order valence-electron chi connectivity index (χ3n) is 7.83. The number of benzene rings is 2. The lowest BCUT2D eigenvalue weighted by molar-refractivity contribution is -0.131. The first-order valence-corrected chi connectivity index (χ1v) is 13.0. The van der Waals surface area contributed by atoms with Gasteiger partial charge in [0.2, 0.25) is 0 Å². The third-order valence-corrected chi connectivity index (χ3v) is 8.15. The van der Waals surface area contributed by atoms with E-state index < -0.39 is 0 Å². The Morgan fingerprint density at radius 1 is 1.11 bits per heavy atom. The summed E-state index contributed by atoms with van der Waals surface area (Å²) >= 11 is 6.25. The first kappa shape index (κ1) is 25.6. The number of piperidine rings is 1. The number of carbonyl (C=O) groups is 1. The van der Waals surface area contributed by atoms with Gasteiger partial charge in [-0.1, -0.05) is 17.7 Å². The van der Waals surface area contributed by atoms with Crippen LogP contribution in [0.2, 0.25) is 5.02 Å². The molecule has 2 aliphatic rings. The zero-order valence-electron chi connectivity index (χ0n) is 21.6. The number of halogens is 1. The molecule has 2 aromatic rings. The molecule has 6 nitrogen and oxygen atoms in total. The Kier molecular flexibility index (Phi) is 8.12. The van der Waals surface area contributed by atoms with Crippen molar-refractivity contribution in [1.82, 2.24) is 9.80 Å². The van der Waals surface area contributed by atoms with E-state index in [1.54, 1.807) is 19.1 Å². The summed E-state index contributed by atoms with van der Waals surface area (Å²) in [6.07, 6.45) is 3.60. The van der Waals surface area contributed by atoms with Gasteiger partial charge in [-0.2, -0.15) is 0 Å². The van der Waals surface area contributed by atoms with Crippen LogP contribution in [0.4, 0.5) is 5.69 Å². The number of methoxy groups -OCH3 is 1. The van der Waals surface area contributed by atoms with E-state index in [0.717, 1.165) is 36.7 Å². The van der Waals surface area contributed by atoms with Crippen molar-refractivity contribution in [2.75, 3.05) is 51.8 Å². The molecule has 0 aliphatic carbocycles. The normalized spacial score (nSPS) is 20.3. The van der Waals surface area contributed by atoms with Gasteiger partial charge in [0.15, 0.2) is 6.61 Å². The molecule has 2 saturated heterocycles. The van der Waals surface area contributed by atoms with E-state index in [1.807, 2.05) is 19.1 Å². The van der Waals surface area contributed by atoms with Crippen molar-refractivity contribution in [2.45, 2.75) is 52.1 Å². The summed E-state index contributed by atoms with van der Waals surface area (Å²) in [5.41, 5.74) is 4.96. The summed E-state index contributed by atoms with van der Waals surface area (Å²) in [6, 6.07) is 11.3. The number of likely N-dealkylation sites (N-methyl/N-ethyl adjacent to an activating group) is 1. The highest BCUT2D eigenvalue weighted by atomic mass is 35.5. The van der Waals surface area contributed by atoms with Crippen LogP contribution in [0.25, 0.3) is 0 Å². The lowest BCUT2D eigenvalue weighted by Crippen LogP contribution is -2.56. The second kappa shape index (κ2) is 11.1. The summed E-state index contributed by atoms with van der Waals surface area (Å²) in [5, 5.41) is 0.646. The van der Waals surface area contributed by atoms with Crippen LogP contribution in [-0.4, -0.2) is 68.7 Å². The van der Waals surface area contributed by atoms with Gasteiger partial charge in [0.1, 0.15) is 11.5 Å². The highest BCUT2D eigenvalue weighted by molar-refractivity contribution is 6.32. The van der Waals surface area contributed by atoms with Crippen LogP contribution in [0.15, 0.2) is 30.3 Å². The molecular weight excluding hydrogens is 462 g/mol. The first-order chi connectivity index (χ1) is 16.8. The molecule has 2 aromatic carbocycles. The van der Waals surface area contributed by atoms with Crippen LogP contribution in [0, 0.1) is 13.8 Å². The monoisotopic (exact) mass is 499 g/mol. The van der Waals surface area contributed by atoms with Gasteiger partial charge in [-0.05, 0) is 74.9 Å². The predicted octanol–water partition coefficient (Wildman–Crippen LogP) is 5.24. The highest BCUT2D eigenvalue weighted by Crippen LogP contribution is 2.40.